The lowest BCUT2D eigenvalue weighted by atomic mass is 10.2. The summed E-state index contributed by atoms with van der Waals surface area (Å²) in [7, 11) is 0. The molecule has 0 saturated carbocycles. The van der Waals surface area contributed by atoms with Gasteiger partial charge in [-0.05, 0) is 36.4 Å². The number of benzene rings is 3. The van der Waals surface area contributed by atoms with E-state index in [4.69, 9.17) is 0 Å². The first kappa shape index (κ1) is 17.9. The van der Waals surface area contributed by atoms with Gasteiger partial charge in [-0.2, -0.15) is 0 Å². The predicted octanol–water partition coefficient (Wildman–Crippen LogP) is 4.47. The third kappa shape index (κ3) is 3.64. The number of aromatic hydroxyl groups is 1. The number of piperazine rings is 1. The van der Waals surface area contributed by atoms with Crippen molar-refractivity contribution in [3.63, 3.8) is 0 Å². The number of amides is 2. The van der Waals surface area contributed by atoms with E-state index in [1.165, 1.54) is 0 Å². The second-order valence-corrected chi connectivity index (χ2v) is 6.75. The zero-order valence-corrected chi connectivity index (χ0v) is 15.6. The summed E-state index contributed by atoms with van der Waals surface area (Å²) in [5.41, 5.74) is 2.52. The molecular formula is C23H23N3O2. The highest BCUT2D eigenvalue weighted by Crippen LogP contribution is 2.29. The van der Waals surface area contributed by atoms with Crippen LogP contribution in [-0.4, -0.2) is 42.2 Å². The van der Waals surface area contributed by atoms with Gasteiger partial charge < -0.3 is 14.9 Å². The van der Waals surface area contributed by atoms with E-state index < -0.39 is 0 Å². The molecule has 1 aliphatic heterocycles. The Morgan fingerprint density at radius 3 is 1.75 bits per heavy atom. The van der Waals surface area contributed by atoms with E-state index in [1.54, 1.807) is 11.0 Å². The Morgan fingerprint density at radius 2 is 1.21 bits per heavy atom. The third-order valence-electron chi connectivity index (χ3n) is 4.99. The molecule has 1 saturated heterocycles. The molecule has 1 aliphatic rings. The van der Waals surface area contributed by atoms with Crippen LogP contribution in [0, 0.1) is 0 Å². The maximum absolute atomic E-state index is 13.4. The lowest BCUT2D eigenvalue weighted by molar-refractivity contribution is 0.203. The van der Waals surface area contributed by atoms with Gasteiger partial charge in [0.15, 0.2) is 0 Å². The molecule has 28 heavy (non-hydrogen) atoms. The quantitative estimate of drug-likeness (QED) is 0.737. The number of nitrogens with zero attached hydrogens (tertiary/aromatic N) is 3. The zero-order chi connectivity index (χ0) is 19.3. The van der Waals surface area contributed by atoms with Gasteiger partial charge in [0.1, 0.15) is 5.75 Å². The normalized spacial score (nSPS) is 14.0. The Balaban J connectivity index is 1.53. The molecule has 0 spiro atoms. The standard InChI is InChI=1S/C23H23N3O2/c27-22-14-8-7-13-21(22)24-15-17-25(18-16-24)23(28)26(19-9-3-1-4-10-19)20-11-5-2-6-12-20/h1-14,27H,15-18H2. The smallest absolute Gasteiger partial charge is 0.329 e. The monoisotopic (exact) mass is 373 g/mol. The maximum atomic E-state index is 13.4. The zero-order valence-electron chi connectivity index (χ0n) is 15.6. The average molecular weight is 373 g/mol. The van der Waals surface area contributed by atoms with Crippen molar-refractivity contribution in [3.8, 4) is 5.75 Å². The van der Waals surface area contributed by atoms with Crippen molar-refractivity contribution in [1.29, 1.82) is 0 Å². The van der Waals surface area contributed by atoms with Crippen molar-refractivity contribution in [2.45, 2.75) is 0 Å². The summed E-state index contributed by atoms with van der Waals surface area (Å²) in [6, 6.07) is 26.7. The van der Waals surface area contributed by atoms with Crippen molar-refractivity contribution < 1.29 is 9.90 Å². The number of hydrogen-bond acceptors (Lipinski definition) is 3. The summed E-state index contributed by atoms with van der Waals surface area (Å²) >= 11 is 0. The minimum atomic E-state index is -0.0330. The van der Waals surface area contributed by atoms with E-state index in [0.717, 1.165) is 17.1 Å². The Bertz CT molecular complexity index is 883. The third-order valence-corrected chi connectivity index (χ3v) is 4.99. The number of carbonyl (C=O) groups is 1. The van der Waals surface area contributed by atoms with Crippen LogP contribution in [0.3, 0.4) is 0 Å². The molecule has 0 unspecified atom stereocenters. The average Bonchev–Trinajstić information content (AvgIpc) is 2.76. The number of anilines is 3. The lowest BCUT2D eigenvalue weighted by Gasteiger charge is -2.38. The van der Waals surface area contributed by atoms with Gasteiger partial charge in [0.2, 0.25) is 0 Å². The largest absolute Gasteiger partial charge is 0.506 e. The minimum Gasteiger partial charge on any atom is -0.506 e. The molecule has 0 aromatic heterocycles. The van der Waals surface area contributed by atoms with Crippen LogP contribution in [-0.2, 0) is 0 Å². The molecule has 0 bridgehead atoms. The lowest BCUT2D eigenvalue weighted by Crippen LogP contribution is -2.52. The number of hydrogen-bond donors (Lipinski definition) is 1. The number of carbonyl (C=O) groups excluding carboxylic acids is 1. The fourth-order valence-corrected chi connectivity index (χ4v) is 3.54. The van der Waals surface area contributed by atoms with Crippen molar-refractivity contribution in [1.82, 2.24) is 4.90 Å². The van der Waals surface area contributed by atoms with Crippen molar-refractivity contribution in [3.05, 3.63) is 84.9 Å². The molecule has 1 fully saturated rings. The second-order valence-electron chi connectivity index (χ2n) is 6.75. The van der Waals surface area contributed by atoms with Gasteiger partial charge in [0.05, 0.1) is 17.1 Å². The summed E-state index contributed by atoms with van der Waals surface area (Å²) in [4.78, 5) is 19.1. The first-order valence-corrected chi connectivity index (χ1v) is 9.46. The molecule has 5 heteroatoms. The van der Waals surface area contributed by atoms with Gasteiger partial charge in [0.25, 0.3) is 0 Å². The molecule has 3 aromatic carbocycles. The van der Waals surface area contributed by atoms with E-state index in [2.05, 4.69) is 4.90 Å². The molecule has 3 aromatic rings. The first-order valence-electron chi connectivity index (χ1n) is 9.46. The number of phenols is 1. The van der Waals surface area contributed by atoms with Crippen LogP contribution in [0.15, 0.2) is 84.9 Å². The van der Waals surface area contributed by atoms with Gasteiger partial charge in [-0.15, -0.1) is 0 Å². The van der Waals surface area contributed by atoms with E-state index in [0.29, 0.717) is 26.2 Å². The highest BCUT2D eigenvalue weighted by molar-refractivity contribution is 5.99. The SMILES string of the molecule is O=C(N1CCN(c2ccccc2O)CC1)N(c1ccccc1)c1ccccc1. The molecule has 5 nitrogen and oxygen atoms in total. The highest BCUT2D eigenvalue weighted by Gasteiger charge is 2.27. The van der Waals surface area contributed by atoms with Crippen LogP contribution in [0.2, 0.25) is 0 Å². The van der Waals surface area contributed by atoms with E-state index in [-0.39, 0.29) is 11.8 Å². The van der Waals surface area contributed by atoms with Crippen LogP contribution in [0.25, 0.3) is 0 Å². The summed E-state index contributed by atoms with van der Waals surface area (Å²) in [5, 5.41) is 10.1. The van der Waals surface area contributed by atoms with Crippen LogP contribution in [0.4, 0.5) is 21.9 Å². The molecular weight excluding hydrogens is 350 g/mol. The van der Waals surface area contributed by atoms with Crippen LogP contribution < -0.4 is 9.80 Å². The van der Waals surface area contributed by atoms with Gasteiger partial charge in [-0.25, -0.2) is 4.79 Å². The van der Waals surface area contributed by atoms with Crippen LogP contribution in [0.1, 0.15) is 0 Å². The summed E-state index contributed by atoms with van der Waals surface area (Å²) < 4.78 is 0. The summed E-state index contributed by atoms with van der Waals surface area (Å²) in [6.45, 7) is 2.56. The Kier molecular flexibility index (Phi) is 5.15. The number of rotatable bonds is 3. The molecule has 0 atom stereocenters. The number of para-hydroxylation sites is 4. The first-order chi connectivity index (χ1) is 13.7. The molecule has 0 aliphatic carbocycles. The Labute approximate surface area is 165 Å². The molecule has 1 heterocycles. The van der Waals surface area contributed by atoms with Gasteiger partial charge in [0, 0.05) is 26.2 Å². The highest BCUT2D eigenvalue weighted by atomic mass is 16.3. The fraction of sp³-hybridized carbons (Fsp3) is 0.174. The summed E-state index contributed by atoms with van der Waals surface area (Å²) in [6.07, 6.45) is 0. The van der Waals surface area contributed by atoms with Crippen molar-refractivity contribution >= 4 is 23.1 Å². The van der Waals surface area contributed by atoms with Crippen molar-refractivity contribution in [2.75, 3.05) is 36.0 Å². The summed E-state index contributed by atoms with van der Waals surface area (Å²) in [5.74, 6) is 0.275. The Morgan fingerprint density at radius 1 is 0.714 bits per heavy atom. The number of phenolic OH excluding ortho intramolecular Hbond substituents is 1. The van der Waals surface area contributed by atoms with E-state index in [1.807, 2.05) is 83.8 Å². The molecule has 0 radical (unpaired) electrons. The van der Waals surface area contributed by atoms with Gasteiger partial charge in [-0.3, -0.25) is 4.90 Å². The van der Waals surface area contributed by atoms with Crippen LogP contribution >= 0.6 is 0 Å². The minimum absolute atomic E-state index is 0.0330. The van der Waals surface area contributed by atoms with Crippen molar-refractivity contribution in [2.24, 2.45) is 0 Å². The topological polar surface area (TPSA) is 47.0 Å². The molecule has 4 rings (SSSR count). The number of urea groups is 1. The van der Waals surface area contributed by atoms with Gasteiger partial charge >= 0.3 is 6.03 Å². The molecule has 142 valence electrons. The molecule has 1 N–H and O–H groups in total. The maximum Gasteiger partial charge on any atom is 0.329 e. The van der Waals surface area contributed by atoms with E-state index in [9.17, 15) is 9.90 Å². The molecule has 2 amide bonds. The predicted molar refractivity (Wildman–Crippen MR) is 112 cm³/mol. The van der Waals surface area contributed by atoms with Crippen LogP contribution in [0.5, 0.6) is 5.75 Å². The van der Waals surface area contributed by atoms with E-state index >= 15 is 0 Å². The Hall–Kier alpha value is -3.47. The fourth-order valence-electron chi connectivity index (χ4n) is 3.54. The van der Waals surface area contributed by atoms with Gasteiger partial charge in [-0.1, -0.05) is 48.5 Å². The second kappa shape index (κ2) is 8.05.